The molecule has 94 valence electrons. The van der Waals surface area contributed by atoms with Gasteiger partial charge in [0.2, 0.25) is 0 Å². The van der Waals surface area contributed by atoms with E-state index >= 15 is 0 Å². The van der Waals surface area contributed by atoms with Crippen LogP contribution in [-0.2, 0) is 0 Å². The molecule has 0 radical (unpaired) electrons. The van der Waals surface area contributed by atoms with Crippen LogP contribution < -0.4 is 5.32 Å². The van der Waals surface area contributed by atoms with Crippen LogP contribution in [0.25, 0.3) is 0 Å². The van der Waals surface area contributed by atoms with Gasteiger partial charge in [0.15, 0.2) is 0 Å². The van der Waals surface area contributed by atoms with Gasteiger partial charge < -0.3 is 5.32 Å². The third-order valence-corrected chi connectivity index (χ3v) is 4.23. The molecule has 0 spiro atoms. The molecule has 1 nitrogen and oxygen atoms in total. The van der Waals surface area contributed by atoms with Crippen LogP contribution >= 0.6 is 45.8 Å². The summed E-state index contributed by atoms with van der Waals surface area (Å²) in [6.07, 6.45) is 0. The van der Waals surface area contributed by atoms with Crippen molar-refractivity contribution < 1.29 is 0 Å². The summed E-state index contributed by atoms with van der Waals surface area (Å²) in [7, 11) is 1.94. The van der Waals surface area contributed by atoms with Gasteiger partial charge in [-0.1, -0.05) is 35.3 Å². The Morgan fingerprint density at radius 1 is 1.00 bits per heavy atom. The van der Waals surface area contributed by atoms with Crippen LogP contribution in [0.15, 0.2) is 42.5 Å². The van der Waals surface area contributed by atoms with Crippen molar-refractivity contribution in [2.75, 3.05) is 7.05 Å². The van der Waals surface area contributed by atoms with Crippen molar-refractivity contribution in [1.29, 1.82) is 0 Å². The summed E-state index contributed by atoms with van der Waals surface area (Å²) in [6.45, 7) is 0. The fraction of sp³-hybridized carbons (Fsp3) is 0.143. The fourth-order valence-corrected chi connectivity index (χ4v) is 2.85. The molecular weight excluding hydrogens is 380 g/mol. The van der Waals surface area contributed by atoms with Crippen molar-refractivity contribution in [3.63, 3.8) is 0 Å². The molecule has 2 aromatic rings. The number of nitrogens with one attached hydrogen (secondary N) is 1. The first-order chi connectivity index (χ1) is 8.61. The van der Waals surface area contributed by atoms with Crippen LogP contribution in [-0.4, -0.2) is 7.05 Å². The van der Waals surface area contributed by atoms with Gasteiger partial charge in [-0.3, -0.25) is 0 Å². The molecule has 0 saturated carbocycles. The van der Waals surface area contributed by atoms with Gasteiger partial charge in [-0.15, -0.1) is 0 Å². The Hall–Kier alpha value is -0.290. The molecule has 2 rings (SSSR count). The van der Waals surface area contributed by atoms with E-state index in [1.54, 1.807) is 0 Å². The van der Waals surface area contributed by atoms with Crippen molar-refractivity contribution in [2.45, 2.75) is 6.04 Å². The van der Waals surface area contributed by atoms with Crippen LogP contribution in [0.4, 0.5) is 0 Å². The molecular formula is C14H12Cl2IN. The molecule has 2 aromatic carbocycles. The molecule has 1 N–H and O–H groups in total. The zero-order chi connectivity index (χ0) is 13.1. The number of hydrogen-bond donors (Lipinski definition) is 1. The van der Waals surface area contributed by atoms with Crippen LogP contribution in [0.3, 0.4) is 0 Å². The van der Waals surface area contributed by atoms with Crippen molar-refractivity contribution in [2.24, 2.45) is 0 Å². The minimum atomic E-state index is 0.118. The van der Waals surface area contributed by atoms with Crippen LogP contribution in [0.1, 0.15) is 17.2 Å². The molecule has 1 atom stereocenters. The maximum Gasteiger partial charge on any atom is 0.0585 e. The Kier molecular flexibility index (Phi) is 4.90. The van der Waals surface area contributed by atoms with E-state index in [9.17, 15) is 0 Å². The number of hydrogen-bond acceptors (Lipinski definition) is 1. The molecule has 0 aliphatic carbocycles. The van der Waals surface area contributed by atoms with E-state index in [2.05, 4.69) is 27.9 Å². The molecule has 18 heavy (non-hydrogen) atoms. The van der Waals surface area contributed by atoms with E-state index < -0.39 is 0 Å². The Labute approximate surface area is 131 Å². The van der Waals surface area contributed by atoms with Crippen molar-refractivity contribution in [1.82, 2.24) is 5.32 Å². The lowest BCUT2D eigenvalue weighted by atomic mass is 9.99. The van der Waals surface area contributed by atoms with E-state index in [0.717, 1.165) is 10.0 Å². The number of rotatable bonds is 3. The second-order valence-electron chi connectivity index (χ2n) is 3.94. The van der Waals surface area contributed by atoms with Gasteiger partial charge in [0, 0.05) is 13.6 Å². The van der Waals surface area contributed by atoms with Gasteiger partial charge in [0.1, 0.15) is 0 Å². The first-order valence-electron chi connectivity index (χ1n) is 5.49. The SMILES string of the molecule is CNC(c1ccc(Cl)cc1)c1cc(Cl)ccc1I. The minimum Gasteiger partial charge on any atom is -0.309 e. The third kappa shape index (κ3) is 3.18. The van der Waals surface area contributed by atoms with E-state index in [-0.39, 0.29) is 6.04 Å². The molecule has 0 saturated heterocycles. The predicted octanol–water partition coefficient (Wildman–Crippen LogP) is 4.91. The maximum absolute atomic E-state index is 6.08. The van der Waals surface area contributed by atoms with Gasteiger partial charge >= 0.3 is 0 Å². The van der Waals surface area contributed by atoms with Gasteiger partial charge in [-0.05, 0) is 71.1 Å². The van der Waals surface area contributed by atoms with E-state index in [4.69, 9.17) is 23.2 Å². The number of benzene rings is 2. The van der Waals surface area contributed by atoms with E-state index in [1.165, 1.54) is 14.7 Å². The minimum absolute atomic E-state index is 0.118. The highest BCUT2D eigenvalue weighted by Gasteiger charge is 2.15. The summed E-state index contributed by atoms with van der Waals surface area (Å²) >= 11 is 14.3. The lowest BCUT2D eigenvalue weighted by molar-refractivity contribution is 0.689. The summed E-state index contributed by atoms with van der Waals surface area (Å²) in [5.74, 6) is 0. The molecule has 0 bridgehead atoms. The highest BCUT2D eigenvalue weighted by Crippen LogP contribution is 2.29. The zero-order valence-electron chi connectivity index (χ0n) is 9.75. The molecule has 0 amide bonds. The Morgan fingerprint density at radius 2 is 1.61 bits per heavy atom. The summed E-state index contributed by atoms with van der Waals surface area (Å²) in [6, 6.07) is 13.9. The molecule has 0 heterocycles. The van der Waals surface area contributed by atoms with Gasteiger partial charge in [0.25, 0.3) is 0 Å². The van der Waals surface area contributed by atoms with Crippen molar-refractivity contribution in [3.05, 3.63) is 67.2 Å². The Morgan fingerprint density at radius 3 is 2.22 bits per heavy atom. The first kappa shape index (κ1) is 14.1. The summed E-state index contributed by atoms with van der Waals surface area (Å²) < 4.78 is 1.19. The molecule has 0 aliphatic heterocycles. The monoisotopic (exact) mass is 391 g/mol. The normalized spacial score (nSPS) is 12.4. The maximum atomic E-state index is 6.08. The van der Waals surface area contributed by atoms with Crippen LogP contribution in [0.2, 0.25) is 10.0 Å². The smallest absolute Gasteiger partial charge is 0.0585 e. The highest BCUT2D eigenvalue weighted by molar-refractivity contribution is 14.1. The lowest BCUT2D eigenvalue weighted by Gasteiger charge is -2.19. The van der Waals surface area contributed by atoms with E-state index in [1.807, 2.05) is 49.5 Å². The Bertz CT molecular complexity index is 540. The molecule has 0 fully saturated rings. The molecule has 0 aliphatic rings. The largest absolute Gasteiger partial charge is 0.309 e. The summed E-state index contributed by atoms with van der Waals surface area (Å²) in [5, 5.41) is 4.81. The fourth-order valence-electron chi connectivity index (χ4n) is 1.89. The second-order valence-corrected chi connectivity index (χ2v) is 5.97. The number of halogens is 3. The quantitative estimate of drug-likeness (QED) is 0.733. The van der Waals surface area contributed by atoms with Crippen molar-refractivity contribution in [3.8, 4) is 0 Å². The van der Waals surface area contributed by atoms with E-state index in [0.29, 0.717) is 0 Å². The third-order valence-electron chi connectivity index (χ3n) is 2.76. The highest BCUT2D eigenvalue weighted by atomic mass is 127. The molecule has 0 aromatic heterocycles. The molecule has 1 unspecified atom stereocenters. The average Bonchev–Trinajstić information content (AvgIpc) is 2.37. The average molecular weight is 392 g/mol. The second kappa shape index (κ2) is 6.24. The van der Waals surface area contributed by atoms with Crippen LogP contribution in [0.5, 0.6) is 0 Å². The van der Waals surface area contributed by atoms with Gasteiger partial charge in [-0.25, -0.2) is 0 Å². The zero-order valence-corrected chi connectivity index (χ0v) is 13.4. The van der Waals surface area contributed by atoms with Gasteiger partial charge in [-0.2, -0.15) is 0 Å². The summed E-state index contributed by atoms with van der Waals surface area (Å²) in [5.41, 5.74) is 2.34. The topological polar surface area (TPSA) is 12.0 Å². The Balaban J connectivity index is 2.44. The van der Waals surface area contributed by atoms with Crippen LogP contribution in [0, 0.1) is 3.57 Å². The predicted molar refractivity (Wildman–Crippen MR) is 86.5 cm³/mol. The molecule has 4 heteroatoms. The lowest BCUT2D eigenvalue weighted by Crippen LogP contribution is -2.18. The summed E-state index contributed by atoms with van der Waals surface area (Å²) in [4.78, 5) is 0. The standard InChI is InChI=1S/C14H12Cl2IN/c1-18-14(9-2-4-10(15)5-3-9)12-8-11(16)6-7-13(12)17/h2-8,14,18H,1H3. The first-order valence-corrected chi connectivity index (χ1v) is 7.33. The van der Waals surface area contributed by atoms with Gasteiger partial charge in [0.05, 0.1) is 6.04 Å². The van der Waals surface area contributed by atoms with Crippen molar-refractivity contribution >= 4 is 45.8 Å².